The molecular weight excluding hydrogens is 270 g/mol. The van der Waals surface area contributed by atoms with Crippen LogP contribution in [-0.4, -0.2) is 15.3 Å². The van der Waals surface area contributed by atoms with Crippen molar-refractivity contribution in [1.29, 1.82) is 0 Å². The van der Waals surface area contributed by atoms with Crippen LogP contribution in [0.25, 0.3) is 5.69 Å². The number of halogens is 1. The van der Waals surface area contributed by atoms with Crippen LogP contribution in [0, 0.1) is 0 Å². The average molecular weight is 292 g/mol. The number of nitrogens with zero attached hydrogens (tertiary/aromatic N) is 2. The molecule has 108 valence electrons. The lowest BCUT2D eigenvalue weighted by Crippen LogP contribution is -2.35. The Labute approximate surface area is 126 Å². The van der Waals surface area contributed by atoms with Gasteiger partial charge in [0.05, 0.1) is 16.9 Å². The molecule has 20 heavy (non-hydrogen) atoms. The average Bonchev–Trinajstić information content (AvgIpc) is 2.79. The van der Waals surface area contributed by atoms with Gasteiger partial charge in [-0.2, -0.15) is 5.10 Å². The normalized spacial score (nSPS) is 11.8. The van der Waals surface area contributed by atoms with Crippen LogP contribution in [0.4, 0.5) is 0 Å². The molecule has 0 spiro atoms. The van der Waals surface area contributed by atoms with Crippen LogP contribution in [0.3, 0.4) is 0 Å². The molecule has 3 nitrogen and oxygen atoms in total. The first-order valence-corrected chi connectivity index (χ1v) is 7.36. The molecular formula is C16H22ClN3. The first-order valence-electron chi connectivity index (χ1n) is 6.98. The third-order valence-corrected chi connectivity index (χ3v) is 3.50. The first kappa shape index (κ1) is 15.1. The van der Waals surface area contributed by atoms with Gasteiger partial charge in [-0.1, -0.05) is 30.7 Å². The van der Waals surface area contributed by atoms with E-state index in [1.54, 1.807) is 0 Å². The summed E-state index contributed by atoms with van der Waals surface area (Å²) in [4.78, 5) is 0. The van der Waals surface area contributed by atoms with E-state index in [2.05, 4.69) is 38.1 Å². The highest BCUT2D eigenvalue weighted by Gasteiger charge is 2.15. The van der Waals surface area contributed by atoms with Crippen LogP contribution in [-0.2, 0) is 13.0 Å². The molecule has 0 atom stereocenters. The Morgan fingerprint density at radius 1 is 1.25 bits per heavy atom. The van der Waals surface area contributed by atoms with Gasteiger partial charge in [-0.3, -0.25) is 0 Å². The second-order valence-electron chi connectivity index (χ2n) is 5.94. The SMILES string of the molecule is CCc1c(CNC(C)(C)C)cnn1-c1ccccc1Cl. The van der Waals surface area contributed by atoms with Crippen molar-refractivity contribution in [2.45, 2.75) is 46.2 Å². The van der Waals surface area contributed by atoms with Gasteiger partial charge in [-0.05, 0) is 39.3 Å². The van der Waals surface area contributed by atoms with Crippen LogP contribution < -0.4 is 5.32 Å². The Bertz CT molecular complexity index is 582. The van der Waals surface area contributed by atoms with Crippen molar-refractivity contribution in [1.82, 2.24) is 15.1 Å². The maximum Gasteiger partial charge on any atom is 0.0835 e. The quantitative estimate of drug-likeness (QED) is 0.923. The number of hydrogen-bond donors (Lipinski definition) is 1. The van der Waals surface area contributed by atoms with E-state index in [0.29, 0.717) is 0 Å². The van der Waals surface area contributed by atoms with Crippen molar-refractivity contribution in [3.63, 3.8) is 0 Å². The molecule has 2 aromatic rings. The summed E-state index contributed by atoms with van der Waals surface area (Å²) in [5.41, 5.74) is 3.46. The predicted octanol–water partition coefficient (Wildman–Crippen LogP) is 3.98. The van der Waals surface area contributed by atoms with Crippen molar-refractivity contribution in [2.24, 2.45) is 0 Å². The summed E-state index contributed by atoms with van der Waals surface area (Å²) in [6, 6.07) is 7.80. The summed E-state index contributed by atoms with van der Waals surface area (Å²) in [7, 11) is 0. The maximum atomic E-state index is 6.27. The largest absolute Gasteiger partial charge is 0.308 e. The van der Waals surface area contributed by atoms with Gasteiger partial charge in [-0.25, -0.2) is 4.68 Å². The van der Waals surface area contributed by atoms with E-state index in [1.165, 1.54) is 11.3 Å². The second-order valence-corrected chi connectivity index (χ2v) is 6.34. The number of para-hydroxylation sites is 1. The highest BCUT2D eigenvalue weighted by molar-refractivity contribution is 6.32. The fourth-order valence-corrected chi connectivity index (χ4v) is 2.34. The van der Waals surface area contributed by atoms with Gasteiger partial charge < -0.3 is 5.32 Å². The molecule has 0 bridgehead atoms. The van der Waals surface area contributed by atoms with Gasteiger partial charge in [-0.15, -0.1) is 0 Å². The van der Waals surface area contributed by atoms with Crippen molar-refractivity contribution >= 4 is 11.6 Å². The van der Waals surface area contributed by atoms with E-state index < -0.39 is 0 Å². The molecule has 0 aliphatic rings. The summed E-state index contributed by atoms with van der Waals surface area (Å²) >= 11 is 6.27. The molecule has 1 N–H and O–H groups in total. The molecule has 0 aliphatic heterocycles. The molecule has 0 aliphatic carbocycles. The van der Waals surface area contributed by atoms with Gasteiger partial charge >= 0.3 is 0 Å². The van der Waals surface area contributed by atoms with E-state index in [0.717, 1.165) is 23.7 Å². The van der Waals surface area contributed by atoms with Gasteiger partial charge in [0.2, 0.25) is 0 Å². The summed E-state index contributed by atoms with van der Waals surface area (Å²) < 4.78 is 1.95. The number of rotatable bonds is 4. The molecule has 1 aromatic carbocycles. The molecule has 0 saturated carbocycles. The minimum absolute atomic E-state index is 0.0947. The molecule has 1 aromatic heterocycles. The van der Waals surface area contributed by atoms with Gasteiger partial charge in [0.1, 0.15) is 0 Å². The highest BCUT2D eigenvalue weighted by Crippen LogP contribution is 2.23. The standard InChI is InChI=1S/C16H22ClN3/c1-5-14-12(10-18-16(2,3)4)11-19-20(14)15-9-7-6-8-13(15)17/h6-9,11,18H,5,10H2,1-4H3. The topological polar surface area (TPSA) is 29.9 Å². The smallest absolute Gasteiger partial charge is 0.0835 e. The van der Waals surface area contributed by atoms with Crippen LogP contribution in [0.15, 0.2) is 30.5 Å². The monoisotopic (exact) mass is 291 g/mol. The molecule has 0 fully saturated rings. The second kappa shape index (κ2) is 5.98. The zero-order chi connectivity index (χ0) is 14.8. The van der Waals surface area contributed by atoms with Crippen LogP contribution in [0.5, 0.6) is 0 Å². The highest BCUT2D eigenvalue weighted by atomic mass is 35.5. The molecule has 0 unspecified atom stereocenters. The zero-order valence-corrected chi connectivity index (χ0v) is 13.3. The Kier molecular flexibility index (Phi) is 4.51. The van der Waals surface area contributed by atoms with E-state index >= 15 is 0 Å². The Morgan fingerprint density at radius 3 is 2.55 bits per heavy atom. The van der Waals surface area contributed by atoms with E-state index in [9.17, 15) is 0 Å². The van der Waals surface area contributed by atoms with Crippen molar-refractivity contribution < 1.29 is 0 Å². The molecule has 0 saturated heterocycles. The van der Waals surface area contributed by atoms with E-state index in [1.807, 2.05) is 35.1 Å². The fraction of sp³-hybridized carbons (Fsp3) is 0.438. The van der Waals surface area contributed by atoms with E-state index in [4.69, 9.17) is 11.6 Å². The van der Waals surface area contributed by atoms with Crippen molar-refractivity contribution in [3.05, 3.63) is 46.7 Å². The van der Waals surface area contributed by atoms with Crippen molar-refractivity contribution in [3.8, 4) is 5.69 Å². The maximum absolute atomic E-state index is 6.27. The lowest BCUT2D eigenvalue weighted by atomic mass is 10.1. The van der Waals surface area contributed by atoms with Crippen LogP contribution >= 0.6 is 11.6 Å². The summed E-state index contributed by atoms with van der Waals surface area (Å²) in [5.74, 6) is 0. The lowest BCUT2D eigenvalue weighted by molar-refractivity contribution is 0.423. The number of nitrogens with one attached hydrogen (secondary N) is 1. The zero-order valence-electron chi connectivity index (χ0n) is 12.6. The first-order chi connectivity index (χ1) is 9.42. The van der Waals surface area contributed by atoms with Gasteiger partial charge in [0.25, 0.3) is 0 Å². The fourth-order valence-electron chi connectivity index (χ4n) is 2.12. The molecule has 1 heterocycles. The molecule has 4 heteroatoms. The minimum atomic E-state index is 0.0947. The Hall–Kier alpha value is -1.32. The lowest BCUT2D eigenvalue weighted by Gasteiger charge is -2.20. The Balaban J connectivity index is 2.33. The third-order valence-electron chi connectivity index (χ3n) is 3.18. The number of hydrogen-bond acceptors (Lipinski definition) is 2. The van der Waals surface area contributed by atoms with E-state index in [-0.39, 0.29) is 5.54 Å². The molecule has 2 rings (SSSR count). The summed E-state index contributed by atoms with van der Waals surface area (Å²) in [5, 5.41) is 8.74. The summed E-state index contributed by atoms with van der Waals surface area (Å²) in [6.45, 7) is 9.45. The van der Waals surface area contributed by atoms with Gasteiger partial charge in [0, 0.05) is 23.3 Å². The van der Waals surface area contributed by atoms with Gasteiger partial charge in [0.15, 0.2) is 0 Å². The molecule has 0 amide bonds. The van der Waals surface area contributed by atoms with Crippen LogP contribution in [0.2, 0.25) is 5.02 Å². The van der Waals surface area contributed by atoms with Crippen LogP contribution in [0.1, 0.15) is 39.0 Å². The minimum Gasteiger partial charge on any atom is -0.308 e. The summed E-state index contributed by atoms with van der Waals surface area (Å²) in [6.07, 6.45) is 2.85. The Morgan fingerprint density at radius 2 is 1.95 bits per heavy atom. The number of aromatic nitrogens is 2. The van der Waals surface area contributed by atoms with Crippen molar-refractivity contribution in [2.75, 3.05) is 0 Å². The third kappa shape index (κ3) is 3.41. The number of benzene rings is 1. The molecule has 0 radical (unpaired) electrons. The predicted molar refractivity (Wildman–Crippen MR) is 84.5 cm³/mol.